The van der Waals surface area contributed by atoms with Gasteiger partial charge in [0.2, 0.25) is 11.3 Å². The summed E-state index contributed by atoms with van der Waals surface area (Å²) < 4.78 is 1.51. The molecule has 5 rings (SSSR count). The molecule has 1 aromatic heterocycles. The summed E-state index contributed by atoms with van der Waals surface area (Å²) in [5.41, 5.74) is 1.87. The van der Waals surface area contributed by atoms with Crippen molar-refractivity contribution in [2.45, 2.75) is 12.6 Å². The van der Waals surface area contributed by atoms with Crippen molar-refractivity contribution in [3.63, 3.8) is 0 Å². The van der Waals surface area contributed by atoms with Crippen molar-refractivity contribution >= 4 is 27.6 Å². The number of carbonyl (C=O) groups excluding carboxylic acids is 1. The number of nitrogens with zero attached hydrogens (tertiary/aromatic N) is 2. The summed E-state index contributed by atoms with van der Waals surface area (Å²) in [5.74, 6) is -0.188. The maximum Gasteiger partial charge on any atom is 0.242 e. The maximum absolute atomic E-state index is 13.2. The number of benzene rings is 4. The SMILES string of the molecule is O=C(Cn1ncc(=O)c2ccccc21)NC(c1ccccc1)c1c(O)ccc2ccccc12. The van der Waals surface area contributed by atoms with Gasteiger partial charge < -0.3 is 10.4 Å². The second-order valence-corrected chi connectivity index (χ2v) is 7.81. The van der Waals surface area contributed by atoms with Crippen LogP contribution in [0.4, 0.5) is 0 Å². The molecule has 1 heterocycles. The van der Waals surface area contributed by atoms with E-state index in [1.54, 1.807) is 30.3 Å². The highest BCUT2D eigenvalue weighted by molar-refractivity contribution is 5.90. The van der Waals surface area contributed by atoms with Crippen LogP contribution in [-0.2, 0) is 11.3 Å². The van der Waals surface area contributed by atoms with Crippen LogP contribution in [0.15, 0.2) is 102 Å². The molecule has 1 unspecified atom stereocenters. The molecule has 0 spiro atoms. The zero-order chi connectivity index (χ0) is 22.8. The highest BCUT2D eigenvalue weighted by Gasteiger charge is 2.23. The molecule has 0 fully saturated rings. The molecular weight excluding hydrogens is 414 g/mol. The molecular formula is C27H21N3O3. The van der Waals surface area contributed by atoms with E-state index in [2.05, 4.69) is 10.4 Å². The Hall–Kier alpha value is -4.45. The van der Waals surface area contributed by atoms with Crippen LogP contribution in [-0.4, -0.2) is 20.8 Å². The van der Waals surface area contributed by atoms with Crippen LogP contribution in [0.1, 0.15) is 17.2 Å². The minimum Gasteiger partial charge on any atom is -0.508 e. The number of para-hydroxylation sites is 1. The van der Waals surface area contributed by atoms with Crippen molar-refractivity contribution in [3.05, 3.63) is 119 Å². The molecule has 1 amide bonds. The van der Waals surface area contributed by atoms with E-state index in [0.717, 1.165) is 16.3 Å². The fourth-order valence-corrected chi connectivity index (χ4v) is 4.18. The number of amides is 1. The lowest BCUT2D eigenvalue weighted by Gasteiger charge is -2.23. The number of aromatic nitrogens is 2. The molecule has 6 nitrogen and oxygen atoms in total. The largest absolute Gasteiger partial charge is 0.508 e. The summed E-state index contributed by atoms with van der Waals surface area (Å²) in [6, 6.07) is 27.3. The summed E-state index contributed by atoms with van der Waals surface area (Å²) in [4.78, 5) is 25.3. The molecule has 162 valence electrons. The Labute approximate surface area is 189 Å². The Morgan fingerprint density at radius 1 is 0.879 bits per heavy atom. The molecule has 0 aliphatic rings. The summed E-state index contributed by atoms with van der Waals surface area (Å²) in [6.45, 7) is -0.0738. The van der Waals surface area contributed by atoms with Crippen molar-refractivity contribution < 1.29 is 9.90 Å². The van der Waals surface area contributed by atoms with E-state index < -0.39 is 6.04 Å². The van der Waals surface area contributed by atoms with Crippen molar-refractivity contribution in [2.24, 2.45) is 0 Å². The highest BCUT2D eigenvalue weighted by atomic mass is 16.3. The molecule has 0 saturated heterocycles. The van der Waals surface area contributed by atoms with Gasteiger partial charge in [0.25, 0.3) is 0 Å². The van der Waals surface area contributed by atoms with E-state index in [4.69, 9.17) is 0 Å². The Morgan fingerprint density at radius 3 is 2.39 bits per heavy atom. The molecule has 1 atom stereocenters. The Balaban J connectivity index is 1.55. The molecule has 6 heteroatoms. The number of fused-ring (bicyclic) bond motifs is 2. The lowest BCUT2D eigenvalue weighted by Crippen LogP contribution is -2.33. The average Bonchev–Trinajstić information content (AvgIpc) is 2.85. The van der Waals surface area contributed by atoms with Gasteiger partial charge in [0, 0.05) is 10.9 Å². The second-order valence-electron chi connectivity index (χ2n) is 7.81. The Bertz CT molecular complexity index is 1530. The third kappa shape index (κ3) is 3.94. The molecule has 33 heavy (non-hydrogen) atoms. The second kappa shape index (κ2) is 8.59. The van der Waals surface area contributed by atoms with Gasteiger partial charge in [0.1, 0.15) is 12.3 Å². The van der Waals surface area contributed by atoms with Gasteiger partial charge in [-0.25, -0.2) is 0 Å². The topological polar surface area (TPSA) is 84.2 Å². The van der Waals surface area contributed by atoms with Crippen LogP contribution >= 0.6 is 0 Å². The average molecular weight is 435 g/mol. The number of rotatable bonds is 5. The first-order chi connectivity index (χ1) is 16.1. The number of phenols is 1. The first kappa shape index (κ1) is 20.5. The summed E-state index contributed by atoms with van der Waals surface area (Å²) in [7, 11) is 0. The molecule has 4 aromatic carbocycles. The van der Waals surface area contributed by atoms with Crippen LogP contribution in [0.25, 0.3) is 21.7 Å². The standard InChI is InChI=1S/C27H21N3O3/c31-23-15-14-18-8-4-5-11-20(18)26(23)27(19-9-2-1-3-10-19)29-25(33)17-30-22-13-7-6-12-21(22)24(32)16-28-30/h1-16,27,31H,17H2,(H,29,33). The fourth-order valence-electron chi connectivity index (χ4n) is 4.18. The normalized spacial score (nSPS) is 12.0. The van der Waals surface area contributed by atoms with Crippen LogP contribution in [0.5, 0.6) is 5.75 Å². The van der Waals surface area contributed by atoms with E-state index in [1.165, 1.54) is 10.9 Å². The van der Waals surface area contributed by atoms with Crippen LogP contribution in [0.2, 0.25) is 0 Å². The third-order valence-corrected chi connectivity index (χ3v) is 5.73. The van der Waals surface area contributed by atoms with E-state index >= 15 is 0 Å². The van der Waals surface area contributed by atoms with Crippen molar-refractivity contribution in [2.75, 3.05) is 0 Å². The smallest absolute Gasteiger partial charge is 0.242 e. The zero-order valence-electron chi connectivity index (χ0n) is 17.7. The lowest BCUT2D eigenvalue weighted by molar-refractivity contribution is -0.122. The van der Waals surface area contributed by atoms with Gasteiger partial charge in [0.15, 0.2) is 0 Å². The summed E-state index contributed by atoms with van der Waals surface area (Å²) >= 11 is 0. The minimum absolute atomic E-state index is 0.0738. The monoisotopic (exact) mass is 435 g/mol. The van der Waals surface area contributed by atoms with Gasteiger partial charge >= 0.3 is 0 Å². The zero-order valence-corrected chi connectivity index (χ0v) is 17.7. The fraction of sp³-hybridized carbons (Fsp3) is 0.0741. The highest BCUT2D eigenvalue weighted by Crippen LogP contribution is 2.35. The Kier molecular flexibility index (Phi) is 5.32. The summed E-state index contributed by atoms with van der Waals surface area (Å²) in [6.07, 6.45) is 1.22. The van der Waals surface area contributed by atoms with Gasteiger partial charge in [-0.15, -0.1) is 0 Å². The minimum atomic E-state index is -0.574. The van der Waals surface area contributed by atoms with E-state index in [9.17, 15) is 14.7 Å². The Morgan fingerprint density at radius 2 is 1.58 bits per heavy atom. The van der Waals surface area contributed by atoms with Crippen LogP contribution in [0, 0.1) is 0 Å². The van der Waals surface area contributed by atoms with Gasteiger partial charge in [-0.2, -0.15) is 5.10 Å². The molecule has 2 N–H and O–H groups in total. The first-order valence-corrected chi connectivity index (χ1v) is 10.6. The number of carbonyl (C=O) groups is 1. The molecule has 0 aliphatic heterocycles. The van der Waals surface area contributed by atoms with Gasteiger partial charge in [-0.1, -0.05) is 72.8 Å². The number of phenolic OH excluding ortho intramolecular Hbond substituents is 1. The van der Waals surface area contributed by atoms with Crippen molar-refractivity contribution in [1.82, 2.24) is 15.1 Å². The maximum atomic E-state index is 13.2. The van der Waals surface area contributed by atoms with E-state index in [0.29, 0.717) is 16.5 Å². The van der Waals surface area contributed by atoms with Gasteiger partial charge in [-0.05, 0) is 34.5 Å². The number of nitrogens with one attached hydrogen (secondary N) is 1. The van der Waals surface area contributed by atoms with Crippen molar-refractivity contribution in [3.8, 4) is 5.75 Å². The predicted molar refractivity (Wildman–Crippen MR) is 128 cm³/mol. The van der Waals surface area contributed by atoms with E-state index in [1.807, 2.05) is 60.7 Å². The molecule has 0 aliphatic carbocycles. The number of aromatic hydroxyl groups is 1. The van der Waals surface area contributed by atoms with Crippen LogP contribution < -0.4 is 10.7 Å². The number of hydrogen-bond donors (Lipinski definition) is 2. The molecule has 0 bridgehead atoms. The first-order valence-electron chi connectivity index (χ1n) is 10.6. The van der Waals surface area contributed by atoms with Gasteiger partial charge in [0.05, 0.1) is 17.8 Å². The summed E-state index contributed by atoms with van der Waals surface area (Å²) in [5, 5.41) is 20.4. The molecule has 5 aromatic rings. The van der Waals surface area contributed by atoms with Gasteiger partial charge in [-0.3, -0.25) is 14.3 Å². The van der Waals surface area contributed by atoms with E-state index in [-0.39, 0.29) is 23.6 Å². The molecule has 0 saturated carbocycles. The van der Waals surface area contributed by atoms with Crippen LogP contribution in [0.3, 0.4) is 0 Å². The van der Waals surface area contributed by atoms with Crippen molar-refractivity contribution in [1.29, 1.82) is 0 Å². The third-order valence-electron chi connectivity index (χ3n) is 5.73. The predicted octanol–water partition coefficient (Wildman–Crippen LogP) is 4.16. The molecule has 0 radical (unpaired) electrons. The number of hydrogen-bond acceptors (Lipinski definition) is 4. The quantitative estimate of drug-likeness (QED) is 0.434. The lowest BCUT2D eigenvalue weighted by atomic mass is 9.92.